The molecule has 0 amide bonds. The predicted molar refractivity (Wildman–Crippen MR) is 86.2 cm³/mol. The SMILES string of the molecule is CCOc1cc(C#N)cc(Br)c1OC(=O)c1cccc(C)c1. The second kappa shape index (κ2) is 7.10. The van der Waals surface area contributed by atoms with Crippen molar-refractivity contribution in [2.24, 2.45) is 0 Å². The average Bonchev–Trinajstić information content (AvgIpc) is 2.50. The van der Waals surface area contributed by atoms with Gasteiger partial charge in [-0.2, -0.15) is 5.26 Å². The van der Waals surface area contributed by atoms with Crippen molar-refractivity contribution in [1.82, 2.24) is 0 Å². The summed E-state index contributed by atoms with van der Waals surface area (Å²) in [6.45, 7) is 4.12. The van der Waals surface area contributed by atoms with Gasteiger partial charge in [0.1, 0.15) is 0 Å². The molecule has 0 fully saturated rings. The number of rotatable bonds is 4. The van der Waals surface area contributed by atoms with Crippen LogP contribution in [0.15, 0.2) is 40.9 Å². The molecule has 0 bridgehead atoms. The zero-order valence-corrected chi connectivity index (χ0v) is 13.8. The van der Waals surface area contributed by atoms with E-state index < -0.39 is 5.97 Å². The van der Waals surface area contributed by atoms with Crippen LogP contribution in [-0.4, -0.2) is 12.6 Å². The average molecular weight is 360 g/mol. The molecule has 0 aromatic heterocycles. The van der Waals surface area contributed by atoms with Crippen LogP contribution in [0, 0.1) is 18.3 Å². The highest BCUT2D eigenvalue weighted by atomic mass is 79.9. The Kier molecular flexibility index (Phi) is 5.18. The highest BCUT2D eigenvalue weighted by Crippen LogP contribution is 2.37. The number of hydrogen-bond donors (Lipinski definition) is 0. The molecular weight excluding hydrogens is 346 g/mol. The summed E-state index contributed by atoms with van der Waals surface area (Å²) in [7, 11) is 0. The van der Waals surface area contributed by atoms with Crippen molar-refractivity contribution in [2.45, 2.75) is 13.8 Å². The van der Waals surface area contributed by atoms with Crippen LogP contribution >= 0.6 is 15.9 Å². The minimum absolute atomic E-state index is 0.271. The molecule has 0 spiro atoms. The maximum absolute atomic E-state index is 12.3. The fourth-order valence-electron chi connectivity index (χ4n) is 1.92. The first kappa shape index (κ1) is 16.1. The number of esters is 1. The van der Waals surface area contributed by atoms with Crippen molar-refractivity contribution in [3.63, 3.8) is 0 Å². The first-order chi connectivity index (χ1) is 10.5. The van der Waals surface area contributed by atoms with Gasteiger partial charge in [0.25, 0.3) is 0 Å². The van der Waals surface area contributed by atoms with Gasteiger partial charge in [0.05, 0.1) is 28.3 Å². The zero-order chi connectivity index (χ0) is 16.1. The Bertz CT molecular complexity index is 750. The van der Waals surface area contributed by atoms with Crippen LogP contribution in [0.2, 0.25) is 0 Å². The minimum atomic E-state index is -0.477. The second-order valence-electron chi connectivity index (χ2n) is 4.59. The number of nitrogens with zero attached hydrogens (tertiary/aromatic N) is 1. The third kappa shape index (κ3) is 3.66. The molecule has 112 valence electrons. The molecule has 4 nitrogen and oxygen atoms in total. The molecule has 0 heterocycles. The molecule has 0 aliphatic rings. The van der Waals surface area contributed by atoms with Crippen LogP contribution in [-0.2, 0) is 0 Å². The smallest absolute Gasteiger partial charge is 0.343 e. The van der Waals surface area contributed by atoms with Gasteiger partial charge in [-0.15, -0.1) is 0 Å². The normalized spacial score (nSPS) is 9.91. The molecule has 2 aromatic rings. The molecule has 0 saturated carbocycles. The summed E-state index contributed by atoms with van der Waals surface area (Å²) in [5.41, 5.74) is 1.85. The molecule has 0 aliphatic heterocycles. The van der Waals surface area contributed by atoms with E-state index in [1.807, 2.05) is 26.0 Å². The van der Waals surface area contributed by atoms with Crippen LogP contribution in [0.3, 0.4) is 0 Å². The second-order valence-corrected chi connectivity index (χ2v) is 5.44. The summed E-state index contributed by atoms with van der Waals surface area (Å²) in [5.74, 6) is 0.150. The lowest BCUT2D eigenvalue weighted by Crippen LogP contribution is -2.10. The Morgan fingerprint density at radius 2 is 2.09 bits per heavy atom. The number of carbonyl (C=O) groups is 1. The van der Waals surface area contributed by atoms with E-state index in [9.17, 15) is 4.79 Å². The maximum atomic E-state index is 12.3. The van der Waals surface area contributed by atoms with E-state index in [1.54, 1.807) is 30.3 Å². The van der Waals surface area contributed by atoms with E-state index in [-0.39, 0.29) is 5.75 Å². The van der Waals surface area contributed by atoms with Crippen LogP contribution in [0.5, 0.6) is 11.5 Å². The Hall–Kier alpha value is -2.32. The molecule has 5 heteroatoms. The third-order valence-corrected chi connectivity index (χ3v) is 3.48. The summed E-state index contributed by atoms with van der Waals surface area (Å²) < 4.78 is 11.4. The van der Waals surface area contributed by atoms with Gasteiger partial charge in [0.2, 0.25) is 0 Å². The van der Waals surface area contributed by atoms with E-state index in [0.717, 1.165) is 5.56 Å². The molecule has 2 rings (SSSR count). The lowest BCUT2D eigenvalue weighted by Gasteiger charge is -2.13. The predicted octanol–water partition coefficient (Wildman–Crippen LogP) is 4.25. The molecule has 0 unspecified atom stereocenters. The van der Waals surface area contributed by atoms with Gasteiger partial charge in [-0.05, 0) is 48.0 Å². The van der Waals surface area contributed by atoms with Gasteiger partial charge in [0.15, 0.2) is 11.5 Å². The molecule has 0 atom stereocenters. The highest BCUT2D eigenvalue weighted by Gasteiger charge is 2.17. The van der Waals surface area contributed by atoms with E-state index >= 15 is 0 Å². The van der Waals surface area contributed by atoms with Crippen LogP contribution in [0.1, 0.15) is 28.4 Å². The Labute approximate surface area is 137 Å². The molecule has 22 heavy (non-hydrogen) atoms. The molecular formula is C17H14BrNO3. The Balaban J connectivity index is 2.36. The van der Waals surface area contributed by atoms with Crippen LogP contribution in [0.4, 0.5) is 0 Å². The number of aryl methyl sites for hydroxylation is 1. The third-order valence-electron chi connectivity index (χ3n) is 2.89. The van der Waals surface area contributed by atoms with Crippen molar-refractivity contribution >= 4 is 21.9 Å². The van der Waals surface area contributed by atoms with Gasteiger partial charge in [-0.1, -0.05) is 17.7 Å². The van der Waals surface area contributed by atoms with E-state index in [2.05, 4.69) is 15.9 Å². The van der Waals surface area contributed by atoms with E-state index in [0.29, 0.717) is 28.0 Å². The maximum Gasteiger partial charge on any atom is 0.343 e. The van der Waals surface area contributed by atoms with Gasteiger partial charge >= 0.3 is 5.97 Å². The van der Waals surface area contributed by atoms with Crippen molar-refractivity contribution in [1.29, 1.82) is 5.26 Å². The summed E-state index contributed by atoms with van der Waals surface area (Å²) in [5, 5.41) is 9.00. The van der Waals surface area contributed by atoms with Crippen molar-refractivity contribution < 1.29 is 14.3 Å². The van der Waals surface area contributed by atoms with Gasteiger partial charge in [-0.25, -0.2) is 4.79 Å². The first-order valence-electron chi connectivity index (χ1n) is 6.70. The minimum Gasteiger partial charge on any atom is -0.490 e. The Morgan fingerprint density at radius 1 is 1.32 bits per heavy atom. The van der Waals surface area contributed by atoms with Crippen LogP contribution < -0.4 is 9.47 Å². The van der Waals surface area contributed by atoms with Gasteiger partial charge in [0, 0.05) is 6.07 Å². The van der Waals surface area contributed by atoms with Gasteiger partial charge in [-0.3, -0.25) is 0 Å². The summed E-state index contributed by atoms with van der Waals surface area (Å²) >= 11 is 3.32. The molecule has 0 N–H and O–H groups in total. The quantitative estimate of drug-likeness (QED) is 0.604. The number of nitriles is 1. The van der Waals surface area contributed by atoms with Gasteiger partial charge < -0.3 is 9.47 Å². The zero-order valence-electron chi connectivity index (χ0n) is 12.2. The van der Waals surface area contributed by atoms with Crippen molar-refractivity contribution in [2.75, 3.05) is 6.61 Å². The largest absolute Gasteiger partial charge is 0.490 e. The van der Waals surface area contributed by atoms with E-state index in [4.69, 9.17) is 14.7 Å². The fraction of sp³-hybridized carbons (Fsp3) is 0.176. The fourth-order valence-corrected chi connectivity index (χ4v) is 2.44. The summed E-state index contributed by atoms with van der Waals surface area (Å²) in [6, 6.07) is 12.3. The number of ether oxygens (including phenoxy) is 2. The highest BCUT2D eigenvalue weighted by molar-refractivity contribution is 9.10. The number of halogens is 1. The summed E-state index contributed by atoms with van der Waals surface area (Å²) in [6.07, 6.45) is 0. The monoisotopic (exact) mass is 359 g/mol. The standard InChI is InChI=1S/C17H14BrNO3/c1-3-21-15-9-12(10-19)8-14(18)16(15)22-17(20)13-6-4-5-11(2)7-13/h4-9H,3H2,1-2H3. The first-order valence-corrected chi connectivity index (χ1v) is 7.49. The number of benzene rings is 2. The van der Waals surface area contributed by atoms with Crippen LogP contribution in [0.25, 0.3) is 0 Å². The molecule has 0 saturated heterocycles. The van der Waals surface area contributed by atoms with E-state index in [1.165, 1.54) is 0 Å². The summed E-state index contributed by atoms with van der Waals surface area (Å²) in [4.78, 5) is 12.3. The lowest BCUT2D eigenvalue weighted by molar-refractivity contribution is 0.0727. The Morgan fingerprint density at radius 3 is 2.73 bits per heavy atom. The topological polar surface area (TPSA) is 59.3 Å². The molecule has 0 aliphatic carbocycles. The lowest BCUT2D eigenvalue weighted by atomic mass is 10.1. The number of hydrogen-bond acceptors (Lipinski definition) is 4. The van der Waals surface area contributed by atoms with Crippen molar-refractivity contribution in [3.8, 4) is 17.6 Å². The number of carbonyl (C=O) groups excluding carboxylic acids is 1. The molecule has 2 aromatic carbocycles. The van der Waals surface area contributed by atoms with Crippen molar-refractivity contribution in [3.05, 3.63) is 57.6 Å². The molecule has 0 radical (unpaired) electrons.